The van der Waals surface area contributed by atoms with E-state index in [4.69, 9.17) is 13.8 Å². The lowest BCUT2D eigenvalue weighted by atomic mass is 10.0. The predicted octanol–water partition coefficient (Wildman–Crippen LogP) is 23.0. The van der Waals surface area contributed by atoms with Gasteiger partial charge in [-0.1, -0.05) is 297 Å². The van der Waals surface area contributed by atoms with Crippen LogP contribution in [0.1, 0.15) is 323 Å². The van der Waals surface area contributed by atoms with Gasteiger partial charge < -0.3 is 28.5 Å². The van der Waals surface area contributed by atoms with Gasteiger partial charge in [0.15, 0.2) is 0 Å². The molecule has 0 aromatic carbocycles. The summed E-state index contributed by atoms with van der Waals surface area (Å²) in [6.45, 7) is 6.79. The number of allylic oxidation sites excluding steroid dienone is 17. The third-order valence-electron chi connectivity index (χ3n) is 15.9. The molecule has 1 N–H and O–H groups in total. The van der Waals surface area contributed by atoms with Crippen molar-refractivity contribution in [1.29, 1.82) is 0 Å². The monoisotopic (exact) mass is 1250 g/mol. The van der Waals surface area contributed by atoms with Gasteiger partial charge in [0, 0.05) is 12.8 Å². The second-order valence-electron chi connectivity index (χ2n) is 25.7. The first-order valence-electron chi connectivity index (χ1n) is 36.7. The Morgan fingerprint density at radius 2 is 0.693 bits per heavy atom. The highest BCUT2D eigenvalue weighted by Gasteiger charge is 2.27. The van der Waals surface area contributed by atoms with Gasteiger partial charge in [-0.3, -0.25) is 14.2 Å². The highest BCUT2D eigenvalue weighted by Crippen LogP contribution is 2.38. The lowest BCUT2D eigenvalue weighted by molar-refractivity contribution is -0.870. The number of carbonyl (C=O) groups excluding carboxylic acids is 2. The summed E-state index contributed by atoms with van der Waals surface area (Å²) in [5, 5.41) is 3.04. The minimum Gasteiger partial charge on any atom is -0.756 e. The highest BCUT2D eigenvalue weighted by atomic mass is 31.2. The minimum absolute atomic E-state index is 0.0293. The molecule has 10 heteroatoms. The van der Waals surface area contributed by atoms with E-state index < -0.39 is 26.6 Å². The molecule has 0 fully saturated rings. The molecule has 0 saturated heterocycles. The molecule has 3 atom stereocenters. The maximum absolute atomic E-state index is 13.6. The van der Waals surface area contributed by atoms with Crippen LogP contribution in [0.2, 0.25) is 0 Å². The number of nitrogens with one attached hydrogen (secondary N) is 1. The number of hydrogen-bond donors (Lipinski definition) is 1. The van der Waals surface area contributed by atoms with Gasteiger partial charge in [-0.15, -0.1) is 0 Å². The molecule has 0 aromatic heterocycles. The van der Waals surface area contributed by atoms with Crippen LogP contribution in [-0.2, 0) is 27.9 Å². The molecule has 0 saturated carbocycles. The zero-order valence-corrected chi connectivity index (χ0v) is 59.0. The predicted molar refractivity (Wildman–Crippen MR) is 381 cm³/mol. The first-order valence-corrected chi connectivity index (χ1v) is 38.2. The van der Waals surface area contributed by atoms with Crippen LogP contribution in [0.5, 0.6) is 0 Å². The van der Waals surface area contributed by atoms with Crippen molar-refractivity contribution < 1.29 is 37.3 Å². The molecule has 0 radical (unpaired) electrons. The fraction of sp³-hybridized carbons (Fsp3) is 0.744. The Labute approximate surface area is 544 Å². The Morgan fingerprint density at radius 1 is 0.398 bits per heavy atom. The fourth-order valence-corrected chi connectivity index (χ4v) is 11.0. The van der Waals surface area contributed by atoms with Crippen molar-refractivity contribution in [3.8, 4) is 0 Å². The second kappa shape index (κ2) is 66.6. The van der Waals surface area contributed by atoms with Crippen molar-refractivity contribution in [3.63, 3.8) is 0 Å². The Morgan fingerprint density at radius 3 is 1.06 bits per heavy atom. The molecule has 0 bridgehead atoms. The molecule has 3 unspecified atom stereocenters. The number of nitrogens with zero attached hydrogens (tertiary/aromatic N) is 1. The molecule has 0 spiro atoms. The summed E-state index contributed by atoms with van der Waals surface area (Å²) < 4.78 is 30.5. The number of phosphoric ester groups is 1. The number of carbonyl (C=O) groups is 2. The van der Waals surface area contributed by atoms with Gasteiger partial charge >= 0.3 is 5.97 Å². The van der Waals surface area contributed by atoms with Crippen molar-refractivity contribution in [2.24, 2.45) is 0 Å². The molecule has 0 aliphatic rings. The van der Waals surface area contributed by atoms with Gasteiger partial charge in [-0.25, -0.2) is 0 Å². The van der Waals surface area contributed by atoms with E-state index in [0.717, 1.165) is 109 Å². The van der Waals surface area contributed by atoms with Crippen molar-refractivity contribution in [2.45, 2.75) is 335 Å². The lowest BCUT2D eigenvalue weighted by Crippen LogP contribution is -2.47. The molecule has 1 amide bonds. The summed E-state index contributed by atoms with van der Waals surface area (Å²) in [5.41, 5.74) is 0. The van der Waals surface area contributed by atoms with Crippen molar-refractivity contribution in [3.05, 3.63) is 109 Å². The van der Waals surface area contributed by atoms with E-state index in [2.05, 4.69) is 123 Å². The maximum Gasteiger partial charge on any atom is 0.306 e. The van der Waals surface area contributed by atoms with E-state index in [-0.39, 0.29) is 24.9 Å². The van der Waals surface area contributed by atoms with Crippen LogP contribution in [-0.4, -0.2) is 69.4 Å². The quantitative estimate of drug-likeness (QED) is 0.0212. The smallest absolute Gasteiger partial charge is 0.306 e. The number of rotatable bonds is 66. The Bertz CT molecular complexity index is 1870. The molecule has 0 aliphatic carbocycles. The Balaban J connectivity index is 5.07. The number of hydrogen-bond acceptors (Lipinski definition) is 7. The summed E-state index contributed by atoms with van der Waals surface area (Å²) in [6.07, 6.45) is 92.1. The van der Waals surface area contributed by atoms with E-state index in [1.807, 2.05) is 33.3 Å². The first kappa shape index (κ1) is 84.7. The topological polar surface area (TPSA) is 114 Å². The normalized spacial score (nSPS) is 14.1. The van der Waals surface area contributed by atoms with Crippen molar-refractivity contribution in [1.82, 2.24) is 5.32 Å². The Hall–Kier alpha value is -3.33. The molecule has 9 nitrogen and oxygen atoms in total. The number of amides is 1. The number of ether oxygens (including phenoxy) is 1. The first-order chi connectivity index (χ1) is 42.9. The van der Waals surface area contributed by atoms with Crippen LogP contribution in [0, 0.1) is 0 Å². The summed E-state index contributed by atoms with van der Waals surface area (Å²) >= 11 is 0. The van der Waals surface area contributed by atoms with E-state index in [1.54, 1.807) is 0 Å². The average molecular weight is 1250 g/mol. The standard InChI is InChI=1S/C78H139N2O7P/c1-7-10-13-16-19-22-25-28-30-32-34-36-38-39-40-41-43-44-46-48-50-52-55-58-61-64-67-70-77(81)79-75(74-86-88(83,84)85-73-72-80(4,5)6)76(69-66-63-60-57-54-27-24-21-18-15-12-9-3)87-78(82)71-68-65-62-59-56-53-51-49-47-45-42-37-35-33-31-29-26-23-20-17-14-11-8-2/h19-20,22-23,28-31,34-37,39-40,45,47,66,69,75-76H,7-18,21,24-27,32-33,38,41-44,46,48-65,67-68,70-74H2,1-6H3,(H-,79,81,83,84)/b22-19-,23-20-,30-28-,31-29-,36-34-,37-35-,40-39-,47-45-,69-66-. The molecule has 0 aromatic rings. The Kier molecular flexibility index (Phi) is 64.1. The molecule has 0 rings (SSSR count). The largest absolute Gasteiger partial charge is 0.756 e. The zero-order chi connectivity index (χ0) is 64.2. The van der Waals surface area contributed by atoms with Gasteiger partial charge in [-0.2, -0.15) is 0 Å². The van der Waals surface area contributed by atoms with Gasteiger partial charge in [0.25, 0.3) is 7.82 Å². The van der Waals surface area contributed by atoms with E-state index in [9.17, 15) is 19.0 Å². The summed E-state index contributed by atoms with van der Waals surface area (Å²) in [6, 6.07) is -0.903. The van der Waals surface area contributed by atoms with Gasteiger partial charge in [0.1, 0.15) is 19.3 Å². The zero-order valence-electron chi connectivity index (χ0n) is 58.2. The van der Waals surface area contributed by atoms with Gasteiger partial charge in [0.05, 0.1) is 33.8 Å². The summed E-state index contributed by atoms with van der Waals surface area (Å²) in [4.78, 5) is 40.2. The van der Waals surface area contributed by atoms with Crippen LogP contribution in [0.25, 0.3) is 0 Å². The van der Waals surface area contributed by atoms with Gasteiger partial charge in [-0.05, 0) is 122 Å². The molecule has 0 heterocycles. The SMILES string of the molecule is CCCCC/C=C\C/C=C\C/C=C\C/C=C\CCCCCCCCCCCCCC(=O)NC(COP(=O)([O-])OCC[N+](C)(C)C)C(/C=C\CCCCCCCCCCCC)OC(=O)CCCCCCCCC/C=C\C/C=C\C/C=C\C/C=C\CCCCC. The average Bonchev–Trinajstić information content (AvgIpc) is 3.66. The van der Waals surface area contributed by atoms with E-state index in [1.165, 1.54) is 173 Å². The highest BCUT2D eigenvalue weighted by molar-refractivity contribution is 7.45. The molecule has 508 valence electrons. The number of esters is 1. The number of quaternary nitrogens is 1. The molecular weight excluding hydrogens is 1110 g/mol. The summed E-state index contributed by atoms with van der Waals surface area (Å²) in [7, 11) is 1.17. The third-order valence-corrected chi connectivity index (χ3v) is 16.9. The van der Waals surface area contributed by atoms with E-state index >= 15 is 0 Å². The number of unbranched alkanes of at least 4 members (excludes halogenated alkanes) is 34. The van der Waals surface area contributed by atoms with E-state index in [0.29, 0.717) is 23.9 Å². The molecular formula is C78H139N2O7P. The fourth-order valence-electron chi connectivity index (χ4n) is 10.3. The second-order valence-corrected chi connectivity index (χ2v) is 27.1. The molecule has 0 aliphatic heterocycles. The summed E-state index contributed by atoms with van der Waals surface area (Å²) in [5.74, 6) is -0.555. The van der Waals surface area contributed by atoms with Gasteiger partial charge in [0.2, 0.25) is 5.91 Å². The maximum atomic E-state index is 13.6. The van der Waals surface area contributed by atoms with Crippen LogP contribution >= 0.6 is 7.82 Å². The van der Waals surface area contributed by atoms with Crippen LogP contribution < -0.4 is 10.2 Å². The van der Waals surface area contributed by atoms with Crippen LogP contribution in [0.4, 0.5) is 0 Å². The number of phosphoric acid groups is 1. The van der Waals surface area contributed by atoms with Crippen molar-refractivity contribution >= 4 is 19.7 Å². The van der Waals surface area contributed by atoms with Crippen LogP contribution in [0.15, 0.2) is 109 Å². The third kappa shape index (κ3) is 67.1. The minimum atomic E-state index is -4.72. The lowest BCUT2D eigenvalue weighted by Gasteiger charge is -2.30. The molecule has 88 heavy (non-hydrogen) atoms. The number of likely N-dealkylation sites (N-methyl/N-ethyl adjacent to an activating group) is 1. The van der Waals surface area contributed by atoms with Crippen LogP contribution in [0.3, 0.4) is 0 Å². The van der Waals surface area contributed by atoms with Crippen molar-refractivity contribution in [2.75, 3.05) is 40.9 Å².